The largest absolute Gasteiger partial charge is 0.355 e. The number of halogens is 1. The molecule has 1 fully saturated rings. The second kappa shape index (κ2) is 7.94. The molecular formula is C15H22ClN3OS. The fraction of sp³-hybridized carbons (Fsp3) is 0.533. The quantitative estimate of drug-likeness (QED) is 0.883. The molecule has 1 aliphatic heterocycles. The van der Waals surface area contributed by atoms with E-state index < -0.39 is 0 Å². The van der Waals surface area contributed by atoms with E-state index in [1.807, 2.05) is 6.07 Å². The fourth-order valence-corrected chi connectivity index (χ4v) is 3.43. The third-order valence-corrected chi connectivity index (χ3v) is 4.63. The third-order valence-electron chi connectivity index (χ3n) is 3.75. The molecule has 3 rings (SSSR count). The molecule has 1 atom stereocenters. The molecule has 2 aromatic rings. The van der Waals surface area contributed by atoms with Crippen molar-refractivity contribution < 1.29 is 4.52 Å². The van der Waals surface area contributed by atoms with Gasteiger partial charge in [0.1, 0.15) is 0 Å². The number of hydrogen-bond acceptors (Lipinski definition) is 5. The fourth-order valence-electron chi connectivity index (χ4n) is 2.76. The maximum atomic E-state index is 5.47. The summed E-state index contributed by atoms with van der Waals surface area (Å²) in [6.07, 6.45) is 2.40. The average Bonchev–Trinajstić information content (AvgIpc) is 3.20. The van der Waals surface area contributed by atoms with Crippen molar-refractivity contribution in [3.8, 4) is 10.6 Å². The van der Waals surface area contributed by atoms with E-state index in [0.29, 0.717) is 6.04 Å². The summed E-state index contributed by atoms with van der Waals surface area (Å²) in [5, 5.41) is 9.74. The van der Waals surface area contributed by atoms with E-state index in [1.54, 1.807) is 11.3 Å². The predicted octanol–water partition coefficient (Wildman–Crippen LogP) is 3.40. The van der Waals surface area contributed by atoms with E-state index in [1.165, 1.54) is 12.8 Å². The van der Waals surface area contributed by atoms with Crippen LogP contribution in [0.3, 0.4) is 0 Å². The van der Waals surface area contributed by atoms with Crippen LogP contribution in [0.1, 0.15) is 25.5 Å². The summed E-state index contributed by atoms with van der Waals surface area (Å²) in [6.45, 7) is 6.46. The summed E-state index contributed by atoms with van der Waals surface area (Å²) < 4.78 is 5.47. The Labute approximate surface area is 135 Å². The zero-order valence-electron chi connectivity index (χ0n) is 12.2. The molecule has 0 aromatic carbocycles. The number of nitrogens with one attached hydrogen (secondary N) is 1. The normalized spacial score (nSPS) is 18.1. The van der Waals surface area contributed by atoms with Crippen LogP contribution in [-0.2, 0) is 6.54 Å². The summed E-state index contributed by atoms with van der Waals surface area (Å²) in [6, 6.07) is 6.82. The molecular weight excluding hydrogens is 306 g/mol. The smallest absolute Gasteiger partial charge is 0.177 e. The Hall–Kier alpha value is -0.880. The van der Waals surface area contributed by atoms with E-state index >= 15 is 0 Å². The van der Waals surface area contributed by atoms with Crippen molar-refractivity contribution >= 4 is 23.7 Å². The van der Waals surface area contributed by atoms with Crippen LogP contribution in [0.5, 0.6) is 0 Å². The third kappa shape index (κ3) is 4.07. The van der Waals surface area contributed by atoms with Crippen LogP contribution in [0.15, 0.2) is 28.1 Å². The van der Waals surface area contributed by atoms with Crippen molar-refractivity contribution in [3.63, 3.8) is 0 Å². The number of rotatable bonds is 6. The summed E-state index contributed by atoms with van der Waals surface area (Å²) in [7, 11) is 0. The van der Waals surface area contributed by atoms with Gasteiger partial charge in [-0.15, -0.1) is 23.7 Å². The zero-order chi connectivity index (χ0) is 13.8. The predicted molar refractivity (Wildman–Crippen MR) is 89.0 cm³/mol. The molecule has 0 saturated carbocycles. The van der Waals surface area contributed by atoms with Crippen LogP contribution in [0, 0.1) is 0 Å². The van der Waals surface area contributed by atoms with Gasteiger partial charge in [0.15, 0.2) is 5.76 Å². The number of hydrogen-bond donors (Lipinski definition) is 1. The molecule has 116 valence electrons. The van der Waals surface area contributed by atoms with Crippen LogP contribution >= 0.6 is 23.7 Å². The molecule has 2 aromatic heterocycles. The van der Waals surface area contributed by atoms with Gasteiger partial charge in [-0.1, -0.05) is 18.1 Å². The molecule has 0 aliphatic carbocycles. The minimum atomic E-state index is 0. The number of aromatic nitrogens is 1. The first-order valence-corrected chi connectivity index (χ1v) is 8.19. The van der Waals surface area contributed by atoms with Gasteiger partial charge in [-0.05, 0) is 37.4 Å². The summed E-state index contributed by atoms with van der Waals surface area (Å²) in [4.78, 5) is 3.67. The summed E-state index contributed by atoms with van der Waals surface area (Å²) in [5.74, 6) is 0.885. The van der Waals surface area contributed by atoms with Gasteiger partial charge in [0, 0.05) is 25.2 Å². The SMILES string of the molecule is CCCN(Cc1cc(-c2cccs2)on1)C1CCNC1.Cl. The lowest BCUT2D eigenvalue weighted by molar-refractivity contribution is 0.194. The Bertz CT molecular complexity index is 523. The van der Waals surface area contributed by atoms with E-state index in [-0.39, 0.29) is 12.4 Å². The van der Waals surface area contributed by atoms with Crippen LogP contribution in [-0.4, -0.2) is 35.7 Å². The lowest BCUT2D eigenvalue weighted by Crippen LogP contribution is -2.37. The molecule has 6 heteroatoms. The monoisotopic (exact) mass is 327 g/mol. The summed E-state index contributed by atoms with van der Waals surface area (Å²) >= 11 is 1.69. The number of nitrogens with zero attached hydrogens (tertiary/aromatic N) is 2. The Morgan fingerprint density at radius 2 is 2.43 bits per heavy atom. The molecule has 21 heavy (non-hydrogen) atoms. The molecule has 1 aliphatic rings. The van der Waals surface area contributed by atoms with Gasteiger partial charge in [-0.3, -0.25) is 4.90 Å². The molecule has 4 nitrogen and oxygen atoms in total. The lowest BCUT2D eigenvalue weighted by Gasteiger charge is -2.26. The van der Waals surface area contributed by atoms with Crippen LogP contribution < -0.4 is 5.32 Å². The van der Waals surface area contributed by atoms with Crippen molar-refractivity contribution in [2.24, 2.45) is 0 Å². The Morgan fingerprint density at radius 1 is 1.52 bits per heavy atom. The van der Waals surface area contributed by atoms with Crippen LogP contribution in [0.4, 0.5) is 0 Å². The van der Waals surface area contributed by atoms with Gasteiger partial charge in [-0.25, -0.2) is 0 Å². The molecule has 0 amide bonds. The summed E-state index contributed by atoms with van der Waals surface area (Å²) in [5.41, 5.74) is 1.04. The Kier molecular flexibility index (Phi) is 6.23. The lowest BCUT2D eigenvalue weighted by atomic mass is 10.2. The minimum Gasteiger partial charge on any atom is -0.355 e. The van der Waals surface area contributed by atoms with Crippen molar-refractivity contribution in [2.45, 2.75) is 32.4 Å². The second-order valence-corrected chi connectivity index (χ2v) is 6.22. The van der Waals surface area contributed by atoms with Gasteiger partial charge in [-0.2, -0.15) is 0 Å². The minimum absolute atomic E-state index is 0. The first-order valence-electron chi connectivity index (χ1n) is 7.31. The van der Waals surface area contributed by atoms with Crippen LogP contribution in [0.2, 0.25) is 0 Å². The van der Waals surface area contributed by atoms with Crippen molar-refractivity contribution in [3.05, 3.63) is 29.3 Å². The van der Waals surface area contributed by atoms with Gasteiger partial charge in [0.25, 0.3) is 0 Å². The van der Waals surface area contributed by atoms with Gasteiger partial charge in [0.05, 0.1) is 10.6 Å². The van der Waals surface area contributed by atoms with Gasteiger partial charge >= 0.3 is 0 Å². The Balaban J connectivity index is 0.00000161. The Morgan fingerprint density at radius 3 is 3.10 bits per heavy atom. The maximum Gasteiger partial charge on any atom is 0.177 e. The van der Waals surface area contributed by atoms with Crippen molar-refractivity contribution in [1.29, 1.82) is 0 Å². The van der Waals surface area contributed by atoms with E-state index in [0.717, 1.165) is 42.5 Å². The molecule has 1 unspecified atom stereocenters. The standard InChI is InChI=1S/C15H21N3OS.ClH/c1-2-7-18(13-5-6-16-10-13)11-12-9-14(19-17-12)15-4-3-8-20-15;/h3-4,8-9,13,16H,2,5-7,10-11H2,1H3;1H. The molecule has 1 N–H and O–H groups in total. The van der Waals surface area contributed by atoms with Crippen molar-refractivity contribution in [2.75, 3.05) is 19.6 Å². The number of thiophene rings is 1. The molecule has 0 spiro atoms. The highest BCUT2D eigenvalue weighted by Crippen LogP contribution is 2.26. The first kappa shape index (κ1) is 16.5. The molecule has 0 radical (unpaired) electrons. The molecule has 0 bridgehead atoms. The van der Waals surface area contributed by atoms with E-state index in [2.05, 4.69) is 39.8 Å². The van der Waals surface area contributed by atoms with Crippen LogP contribution in [0.25, 0.3) is 10.6 Å². The molecule has 3 heterocycles. The van der Waals surface area contributed by atoms with E-state index in [9.17, 15) is 0 Å². The topological polar surface area (TPSA) is 41.3 Å². The first-order chi connectivity index (χ1) is 9.86. The highest BCUT2D eigenvalue weighted by atomic mass is 35.5. The van der Waals surface area contributed by atoms with E-state index in [4.69, 9.17) is 4.52 Å². The highest BCUT2D eigenvalue weighted by Gasteiger charge is 2.22. The maximum absolute atomic E-state index is 5.47. The second-order valence-electron chi connectivity index (χ2n) is 5.28. The van der Waals surface area contributed by atoms with Crippen molar-refractivity contribution in [1.82, 2.24) is 15.4 Å². The highest BCUT2D eigenvalue weighted by molar-refractivity contribution is 7.13. The van der Waals surface area contributed by atoms with Gasteiger partial charge in [0.2, 0.25) is 0 Å². The average molecular weight is 328 g/mol. The zero-order valence-corrected chi connectivity index (χ0v) is 13.9. The molecule has 1 saturated heterocycles. The van der Waals surface area contributed by atoms with Gasteiger partial charge < -0.3 is 9.84 Å².